The van der Waals surface area contributed by atoms with Gasteiger partial charge in [0.15, 0.2) is 0 Å². The molecule has 8 nitrogen and oxygen atoms in total. The highest BCUT2D eigenvalue weighted by molar-refractivity contribution is 5.84. The van der Waals surface area contributed by atoms with Gasteiger partial charge >= 0.3 is 17.1 Å². The lowest BCUT2D eigenvalue weighted by Gasteiger charge is -2.17. The number of rotatable bonds is 6. The van der Waals surface area contributed by atoms with E-state index in [1.807, 2.05) is 0 Å². The summed E-state index contributed by atoms with van der Waals surface area (Å²) in [7, 11) is 1.52. The van der Waals surface area contributed by atoms with E-state index >= 15 is 0 Å². The number of aryl methyl sites for hydroxylation is 2. The fourth-order valence-corrected chi connectivity index (χ4v) is 2.59. The number of aromatic nitrogens is 2. The number of carboxylic acid groups (broad SMARTS) is 1. The monoisotopic (exact) mass is 347 g/mol. The molecule has 2 rings (SSSR count). The molecule has 0 aliphatic carbocycles. The first-order valence-electron chi connectivity index (χ1n) is 7.95. The molecule has 1 aromatic carbocycles. The van der Waals surface area contributed by atoms with Crippen LogP contribution in [0.5, 0.6) is 0 Å². The molecule has 134 valence electrons. The summed E-state index contributed by atoms with van der Waals surface area (Å²) in [5, 5.41) is 11.6. The first-order chi connectivity index (χ1) is 11.7. The molecule has 1 amide bonds. The first kappa shape index (κ1) is 18.4. The fraction of sp³-hybridized carbons (Fsp3) is 0.412. The summed E-state index contributed by atoms with van der Waals surface area (Å²) >= 11 is 0. The van der Waals surface area contributed by atoms with Gasteiger partial charge in [-0.25, -0.2) is 4.79 Å². The zero-order chi connectivity index (χ0) is 18.7. The van der Waals surface area contributed by atoms with Gasteiger partial charge < -0.3 is 20.0 Å². The highest BCUT2D eigenvalue weighted by atomic mass is 16.4. The van der Waals surface area contributed by atoms with Crippen molar-refractivity contribution in [3.63, 3.8) is 0 Å². The second kappa shape index (κ2) is 7.33. The molecule has 0 fully saturated rings. The molecule has 0 aliphatic rings. The van der Waals surface area contributed by atoms with Crippen LogP contribution in [0.4, 0.5) is 0 Å². The van der Waals surface area contributed by atoms with Crippen molar-refractivity contribution in [1.82, 2.24) is 14.9 Å². The number of amides is 1. The van der Waals surface area contributed by atoms with Crippen molar-refractivity contribution in [3.05, 3.63) is 44.5 Å². The highest BCUT2D eigenvalue weighted by Gasteiger charge is 2.23. The number of aliphatic carboxylic acids is 1. The van der Waals surface area contributed by atoms with E-state index in [1.54, 1.807) is 32.0 Å². The lowest BCUT2D eigenvalue weighted by atomic mass is 10.0. The van der Waals surface area contributed by atoms with Gasteiger partial charge in [0.05, 0.1) is 11.0 Å². The third kappa shape index (κ3) is 4.14. The lowest BCUT2D eigenvalue weighted by molar-refractivity contribution is -0.143. The van der Waals surface area contributed by atoms with Crippen LogP contribution in [-0.4, -0.2) is 32.6 Å². The Morgan fingerprint density at radius 1 is 1.28 bits per heavy atom. The minimum atomic E-state index is -1.06. The molecule has 2 aromatic rings. The zero-order valence-corrected chi connectivity index (χ0v) is 14.3. The average Bonchev–Trinajstić information content (AvgIpc) is 2.55. The number of H-pyrrole nitrogens is 1. The van der Waals surface area contributed by atoms with Crippen LogP contribution in [0.1, 0.15) is 25.8 Å². The van der Waals surface area contributed by atoms with E-state index < -0.39 is 23.1 Å². The molecule has 0 spiro atoms. The highest BCUT2D eigenvalue weighted by Crippen LogP contribution is 2.12. The van der Waals surface area contributed by atoms with Crippen molar-refractivity contribution in [2.45, 2.75) is 32.7 Å². The Kier molecular flexibility index (Phi) is 5.41. The molecule has 1 aromatic heterocycles. The Morgan fingerprint density at radius 2 is 1.96 bits per heavy atom. The number of hydrogen-bond acceptors (Lipinski definition) is 4. The van der Waals surface area contributed by atoms with Gasteiger partial charge in [0.25, 0.3) is 0 Å². The zero-order valence-electron chi connectivity index (χ0n) is 14.3. The van der Waals surface area contributed by atoms with Crippen molar-refractivity contribution in [2.24, 2.45) is 13.0 Å². The van der Waals surface area contributed by atoms with Gasteiger partial charge in [-0.15, -0.1) is 0 Å². The molecular weight excluding hydrogens is 326 g/mol. The topological polar surface area (TPSA) is 121 Å². The second-order valence-corrected chi connectivity index (χ2v) is 6.30. The van der Waals surface area contributed by atoms with Crippen molar-refractivity contribution < 1.29 is 14.7 Å². The molecule has 8 heteroatoms. The number of carbonyl (C=O) groups is 2. The molecule has 1 atom stereocenters. The van der Waals surface area contributed by atoms with Crippen molar-refractivity contribution in [1.29, 1.82) is 0 Å². The molecule has 1 unspecified atom stereocenters. The fourth-order valence-electron chi connectivity index (χ4n) is 2.59. The second-order valence-electron chi connectivity index (χ2n) is 6.30. The van der Waals surface area contributed by atoms with Crippen molar-refractivity contribution in [2.75, 3.05) is 0 Å². The molecule has 0 aliphatic heterocycles. The molecular formula is C17H21N3O5. The standard InChI is InChI=1S/C17H21N3O5/c1-9(2)14(17(24)25)19-13(21)7-5-10-4-6-12-11(8-10)18-15(22)16(23)20(12)3/h4,6,8-9,14H,5,7H2,1-3H3,(H,18,22)(H,19,21)(H,24,25). The van der Waals surface area contributed by atoms with Gasteiger partial charge in [-0.2, -0.15) is 0 Å². The number of nitrogens with zero attached hydrogens (tertiary/aromatic N) is 1. The predicted octanol–water partition coefficient (Wildman–Crippen LogP) is 0.385. The number of nitrogens with one attached hydrogen (secondary N) is 2. The summed E-state index contributed by atoms with van der Waals surface area (Å²) in [4.78, 5) is 48.8. The molecule has 0 radical (unpaired) electrons. The van der Waals surface area contributed by atoms with Gasteiger partial charge in [-0.05, 0) is 30.0 Å². The number of fused-ring (bicyclic) bond motifs is 1. The van der Waals surface area contributed by atoms with Crippen molar-refractivity contribution in [3.8, 4) is 0 Å². The smallest absolute Gasteiger partial charge is 0.326 e. The van der Waals surface area contributed by atoms with Crippen LogP contribution in [0.3, 0.4) is 0 Å². The Morgan fingerprint density at radius 3 is 2.56 bits per heavy atom. The number of aromatic amines is 1. The van der Waals surface area contributed by atoms with E-state index in [9.17, 15) is 19.2 Å². The van der Waals surface area contributed by atoms with E-state index in [1.165, 1.54) is 11.6 Å². The number of carboxylic acids is 1. The first-order valence-corrected chi connectivity index (χ1v) is 7.95. The minimum Gasteiger partial charge on any atom is -0.480 e. The maximum absolute atomic E-state index is 12.0. The Labute approximate surface area is 143 Å². The van der Waals surface area contributed by atoms with Crippen LogP contribution < -0.4 is 16.4 Å². The van der Waals surface area contributed by atoms with Crippen LogP contribution in [0.25, 0.3) is 11.0 Å². The van der Waals surface area contributed by atoms with Crippen LogP contribution in [0.2, 0.25) is 0 Å². The third-order valence-corrected chi connectivity index (χ3v) is 4.06. The van der Waals surface area contributed by atoms with Gasteiger partial charge in [-0.3, -0.25) is 14.4 Å². The van der Waals surface area contributed by atoms with E-state index in [0.717, 1.165) is 5.56 Å². The molecule has 0 saturated carbocycles. The van der Waals surface area contributed by atoms with Gasteiger partial charge in [-0.1, -0.05) is 19.9 Å². The van der Waals surface area contributed by atoms with Crippen LogP contribution in [0.15, 0.2) is 27.8 Å². The Bertz CT molecular complexity index is 926. The van der Waals surface area contributed by atoms with Crippen LogP contribution in [0, 0.1) is 5.92 Å². The summed E-state index contributed by atoms with van der Waals surface area (Å²) in [5.41, 5.74) is 0.562. The van der Waals surface area contributed by atoms with Crippen LogP contribution in [-0.2, 0) is 23.1 Å². The molecule has 25 heavy (non-hydrogen) atoms. The quantitative estimate of drug-likeness (QED) is 0.653. The van der Waals surface area contributed by atoms with Gasteiger partial charge in [0.2, 0.25) is 5.91 Å². The van der Waals surface area contributed by atoms with Crippen molar-refractivity contribution >= 4 is 22.9 Å². The molecule has 1 heterocycles. The SMILES string of the molecule is CC(C)C(NC(=O)CCc1ccc2c(c1)[nH]c(=O)c(=O)n2C)C(=O)O. The average molecular weight is 347 g/mol. The Balaban J connectivity index is 2.12. The summed E-state index contributed by atoms with van der Waals surface area (Å²) in [6, 6.07) is 4.26. The maximum Gasteiger partial charge on any atom is 0.326 e. The maximum atomic E-state index is 12.0. The third-order valence-electron chi connectivity index (χ3n) is 4.06. The van der Waals surface area contributed by atoms with E-state index in [0.29, 0.717) is 17.5 Å². The Hall–Kier alpha value is -2.90. The largest absolute Gasteiger partial charge is 0.480 e. The summed E-state index contributed by atoms with van der Waals surface area (Å²) in [5.74, 6) is -1.63. The summed E-state index contributed by atoms with van der Waals surface area (Å²) < 4.78 is 1.27. The van der Waals surface area contributed by atoms with E-state index in [2.05, 4.69) is 10.3 Å². The molecule has 3 N–H and O–H groups in total. The van der Waals surface area contributed by atoms with E-state index in [-0.39, 0.29) is 18.2 Å². The lowest BCUT2D eigenvalue weighted by Crippen LogP contribution is -2.44. The number of benzene rings is 1. The minimum absolute atomic E-state index is 0.123. The normalized spacial score (nSPS) is 12.3. The predicted molar refractivity (Wildman–Crippen MR) is 92.5 cm³/mol. The molecule has 0 saturated heterocycles. The van der Waals surface area contributed by atoms with Gasteiger partial charge in [0, 0.05) is 13.5 Å². The van der Waals surface area contributed by atoms with E-state index in [4.69, 9.17) is 5.11 Å². The van der Waals surface area contributed by atoms with Crippen LogP contribution >= 0.6 is 0 Å². The summed E-state index contributed by atoms with van der Waals surface area (Å²) in [6.45, 7) is 3.45. The van der Waals surface area contributed by atoms with Gasteiger partial charge in [0.1, 0.15) is 6.04 Å². The number of hydrogen-bond donors (Lipinski definition) is 3. The summed E-state index contributed by atoms with van der Waals surface area (Å²) in [6.07, 6.45) is 0.509. The number of carbonyl (C=O) groups excluding carboxylic acids is 1. The molecule has 0 bridgehead atoms.